The van der Waals surface area contributed by atoms with Crippen molar-refractivity contribution < 1.29 is 4.74 Å². The number of anilines is 1. The number of hydrogen-bond acceptors (Lipinski definition) is 3. The summed E-state index contributed by atoms with van der Waals surface area (Å²) >= 11 is 0. The van der Waals surface area contributed by atoms with Crippen molar-refractivity contribution in [3.05, 3.63) is 30.3 Å². The van der Waals surface area contributed by atoms with E-state index in [1.165, 1.54) is 38.2 Å². The Morgan fingerprint density at radius 3 is 2.53 bits per heavy atom. The lowest BCUT2D eigenvalue weighted by molar-refractivity contribution is 0.0377. The fraction of sp³-hybridized carbons (Fsp3) is 0.625. The van der Waals surface area contributed by atoms with E-state index >= 15 is 0 Å². The smallest absolute Gasteiger partial charge is 0.0506 e. The van der Waals surface area contributed by atoms with Gasteiger partial charge in [-0.1, -0.05) is 18.2 Å². The molecule has 3 heteroatoms. The second-order valence-corrected chi connectivity index (χ2v) is 5.71. The summed E-state index contributed by atoms with van der Waals surface area (Å²) in [5.41, 5.74) is 1.36. The first kappa shape index (κ1) is 12.9. The molecule has 2 aliphatic rings. The van der Waals surface area contributed by atoms with Crippen LogP contribution < -0.4 is 4.90 Å². The predicted molar refractivity (Wildman–Crippen MR) is 78.6 cm³/mol. The van der Waals surface area contributed by atoms with E-state index < -0.39 is 0 Å². The fourth-order valence-electron chi connectivity index (χ4n) is 3.14. The van der Waals surface area contributed by atoms with E-state index in [2.05, 4.69) is 40.1 Å². The second kappa shape index (κ2) is 6.40. The van der Waals surface area contributed by atoms with Gasteiger partial charge in [-0.2, -0.15) is 0 Å². The average molecular weight is 260 g/mol. The molecule has 0 radical (unpaired) electrons. The van der Waals surface area contributed by atoms with Gasteiger partial charge in [-0.05, 0) is 30.9 Å². The average Bonchev–Trinajstić information content (AvgIpc) is 2.50. The number of benzene rings is 1. The van der Waals surface area contributed by atoms with Gasteiger partial charge >= 0.3 is 0 Å². The Morgan fingerprint density at radius 1 is 1.05 bits per heavy atom. The molecule has 2 saturated heterocycles. The van der Waals surface area contributed by atoms with Gasteiger partial charge in [-0.25, -0.2) is 0 Å². The van der Waals surface area contributed by atoms with Crippen LogP contribution in [0, 0.1) is 5.92 Å². The summed E-state index contributed by atoms with van der Waals surface area (Å²) in [7, 11) is 0. The highest BCUT2D eigenvalue weighted by Gasteiger charge is 2.21. The Balaban J connectivity index is 1.46. The third-order valence-corrected chi connectivity index (χ3v) is 4.26. The zero-order valence-corrected chi connectivity index (χ0v) is 11.6. The molecule has 0 bridgehead atoms. The Labute approximate surface area is 116 Å². The molecule has 0 N–H and O–H groups in total. The van der Waals surface area contributed by atoms with Gasteiger partial charge in [0.2, 0.25) is 0 Å². The second-order valence-electron chi connectivity index (χ2n) is 5.71. The van der Waals surface area contributed by atoms with Gasteiger partial charge in [0.25, 0.3) is 0 Å². The standard InChI is InChI=1S/C16H24N2O/c1-2-6-16(7-3-1)18-10-8-17(9-11-18)13-15-5-4-12-19-14-15/h1-3,6-7,15H,4-5,8-14H2. The first-order chi connectivity index (χ1) is 9.42. The molecule has 2 aliphatic heterocycles. The summed E-state index contributed by atoms with van der Waals surface area (Å²) in [6.07, 6.45) is 2.59. The highest BCUT2D eigenvalue weighted by molar-refractivity contribution is 5.46. The monoisotopic (exact) mass is 260 g/mol. The van der Waals surface area contributed by atoms with Gasteiger partial charge in [0.15, 0.2) is 0 Å². The molecule has 19 heavy (non-hydrogen) atoms. The molecule has 0 amide bonds. The van der Waals surface area contributed by atoms with Gasteiger partial charge < -0.3 is 9.64 Å². The SMILES string of the molecule is c1ccc(N2CCN(CC3CCCOC3)CC2)cc1. The molecule has 2 fully saturated rings. The van der Waals surface area contributed by atoms with Gasteiger partial charge in [-0.15, -0.1) is 0 Å². The van der Waals surface area contributed by atoms with Crippen LogP contribution >= 0.6 is 0 Å². The number of ether oxygens (including phenoxy) is 1. The molecule has 1 unspecified atom stereocenters. The first-order valence-electron chi connectivity index (χ1n) is 7.52. The van der Waals surface area contributed by atoms with E-state index in [1.807, 2.05) is 0 Å². The van der Waals surface area contributed by atoms with E-state index in [0.29, 0.717) is 0 Å². The van der Waals surface area contributed by atoms with Gasteiger partial charge in [-0.3, -0.25) is 4.90 Å². The van der Waals surface area contributed by atoms with Gasteiger partial charge in [0, 0.05) is 45.0 Å². The number of piperazine rings is 1. The van der Waals surface area contributed by atoms with E-state index in [0.717, 1.165) is 32.2 Å². The maximum Gasteiger partial charge on any atom is 0.0506 e. The van der Waals surface area contributed by atoms with Crippen molar-refractivity contribution in [1.29, 1.82) is 0 Å². The minimum absolute atomic E-state index is 0.761. The lowest BCUT2D eigenvalue weighted by Gasteiger charge is -2.38. The molecule has 0 saturated carbocycles. The summed E-state index contributed by atoms with van der Waals surface area (Å²) in [6, 6.07) is 10.8. The summed E-state index contributed by atoms with van der Waals surface area (Å²) in [5, 5.41) is 0. The third kappa shape index (κ3) is 3.48. The molecule has 1 aromatic rings. The number of para-hydroxylation sites is 1. The van der Waals surface area contributed by atoms with Crippen molar-refractivity contribution >= 4 is 5.69 Å². The van der Waals surface area contributed by atoms with Crippen molar-refractivity contribution in [2.24, 2.45) is 5.92 Å². The molecule has 1 aromatic carbocycles. The van der Waals surface area contributed by atoms with Gasteiger partial charge in [0.05, 0.1) is 6.61 Å². The van der Waals surface area contributed by atoms with Crippen LogP contribution in [0.15, 0.2) is 30.3 Å². The maximum absolute atomic E-state index is 5.58. The number of nitrogens with zero attached hydrogens (tertiary/aromatic N) is 2. The summed E-state index contributed by atoms with van der Waals surface area (Å²) in [6.45, 7) is 7.84. The molecular weight excluding hydrogens is 236 g/mol. The normalized spacial score (nSPS) is 25.5. The van der Waals surface area contributed by atoms with Crippen LogP contribution in [0.5, 0.6) is 0 Å². The number of rotatable bonds is 3. The summed E-state index contributed by atoms with van der Waals surface area (Å²) in [4.78, 5) is 5.10. The van der Waals surface area contributed by atoms with Crippen molar-refractivity contribution in [2.75, 3.05) is 50.8 Å². The quantitative estimate of drug-likeness (QED) is 0.829. The highest BCUT2D eigenvalue weighted by atomic mass is 16.5. The molecular formula is C16H24N2O. The highest BCUT2D eigenvalue weighted by Crippen LogP contribution is 2.18. The minimum atomic E-state index is 0.761. The van der Waals surface area contributed by atoms with Crippen LogP contribution in [0.1, 0.15) is 12.8 Å². The zero-order chi connectivity index (χ0) is 12.9. The molecule has 0 aromatic heterocycles. The van der Waals surface area contributed by atoms with Crippen molar-refractivity contribution in [3.63, 3.8) is 0 Å². The Morgan fingerprint density at radius 2 is 1.84 bits per heavy atom. The lowest BCUT2D eigenvalue weighted by atomic mass is 10.0. The fourth-order valence-corrected chi connectivity index (χ4v) is 3.14. The third-order valence-electron chi connectivity index (χ3n) is 4.26. The van der Waals surface area contributed by atoms with Crippen molar-refractivity contribution in [2.45, 2.75) is 12.8 Å². The van der Waals surface area contributed by atoms with Crippen LogP contribution in [-0.4, -0.2) is 50.8 Å². The van der Waals surface area contributed by atoms with Crippen LogP contribution in [0.4, 0.5) is 5.69 Å². The molecule has 3 rings (SSSR count). The molecule has 104 valence electrons. The Kier molecular flexibility index (Phi) is 4.36. The predicted octanol–water partition coefficient (Wildman–Crippen LogP) is 2.24. The topological polar surface area (TPSA) is 15.7 Å². The van der Waals surface area contributed by atoms with E-state index in [1.54, 1.807) is 0 Å². The lowest BCUT2D eigenvalue weighted by Crippen LogP contribution is -2.48. The van der Waals surface area contributed by atoms with Crippen LogP contribution in [0.25, 0.3) is 0 Å². The van der Waals surface area contributed by atoms with Crippen molar-refractivity contribution in [3.8, 4) is 0 Å². The Hall–Kier alpha value is -1.06. The maximum atomic E-state index is 5.58. The molecule has 1 atom stereocenters. The molecule has 3 nitrogen and oxygen atoms in total. The first-order valence-corrected chi connectivity index (χ1v) is 7.52. The van der Waals surface area contributed by atoms with Crippen LogP contribution in [0.3, 0.4) is 0 Å². The molecule has 0 aliphatic carbocycles. The summed E-state index contributed by atoms with van der Waals surface area (Å²) < 4.78 is 5.58. The van der Waals surface area contributed by atoms with Crippen molar-refractivity contribution in [1.82, 2.24) is 4.90 Å². The molecule has 0 spiro atoms. The van der Waals surface area contributed by atoms with Gasteiger partial charge in [0.1, 0.15) is 0 Å². The minimum Gasteiger partial charge on any atom is -0.381 e. The van der Waals surface area contributed by atoms with Crippen LogP contribution in [-0.2, 0) is 4.74 Å². The van der Waals surface area contributed by atoms with E-state index in [4.69, 9.17) is 4.74 Å². The summed E-state index contributed by atoms with van der Waals surface area (Å²) in [5.74, 6) is 0.761. The van der Waals surface area contributed by atoms with E-state index in [9.17, 15) is 0 Å². The molecule has 2 heterocycles. The van der Waals surface area contributed by atoms with E-state index in [-0.39, 0.29) is 0 Å². The zero-order valence-electron chi connectivity index (χ0n) is 11.6. The Bertz CT molecular complexity index is 368. The number of hydrogen-bond donors (Lipinski definition) is 0. The largest absolute Gasteiger partial charge is 0.381 e. The van der Waals surface area contributed by atoms with Crippen LogP contribution in [0.2, 0.25) is 0 Å².